The van der Waals surface area contributed by atoms with E-state index in [1.54, 1.807) is 0 Å². The van der Waals surface area contributed by atoms with Crippen molar-refractivity contribution < 1.29 is 9.53 Å². The van der Waals surface area contributed by atoms with Crippen molar-refractivity contribution in [2.24, 2.45) is 0 Å². The van der Waals surface area contributed by atoms with E-state index in [0.29, 0.717) is 0 Å². The average Bonchev–Trinajstić information content (AvgIpc) is 2.80. The lowest BCUT2D eigenvalue weighted by Crippen LogP contribution is -2.47. The van der Waals surface area contributed by atoms with Crippen molar-refractivity contribution in [3.63, 3.8) is 0 Å². The molecular weight excluding hydrogens is 252 g/mol. The number of nitrogens with one attached hydrogen (secondary N) is 2. The van der Waals surface area contributed by atoms with Gasteiger partial charge in [-0.1, -0.05) is 18.2 Å². The highest BCUT2D eigenvalue weighted by Crippen LogP contribution is 2.25. The van der Waals surface area contributed by atoms with Gasteiger partial charge in [0.05, 0.1) is 11.6 Å². The van der Waals surface area contributed by atoms with E-state index in [1.807, 2.05) is 18.2 Å². The fourth-order valence-electron chi connectivity index (χ4n) is 3.02. The molecule has 2 atom stereocenters. The van der Waals surface area contributed by atoms with Crippen molar-refractivity contribution in [2.45, 2.75) is 44.2 Å². The molecule has 0 aromatic heterocycles. The number of carbonyl (C=O) groups is 1. The van der Waals surface area contributed by atoms with Gasteiger partial charge in [-0.3, -0.25) is 4.79 Å². The second-order valence-electron chi connectivity index (χ2n) is 6.02. The predicted molar refractivity (Wildman–Crippen MR) is 78.8 cm³/mol. The van der Waals surface area contributed by atoms with Gasteiger partial charge in [-0.25, -0.2) is 0 Å². The van der Waals surface area contributed by atoms with Crippen LogP contribution in [0.2, 0.25) is 0 Å². The number of amides is 1. The Balaban J connectivity index is 1.63. The summed E-state index contributed by atoms with van der Waals surface area (Å²) in [7, 11) is 0. The second-order valence-corrected chi connectivity index (χ2v) is 6.02. The van der Waals surface area contributed by atoms with E-state index < -0.39 is 0 Å². The number of rotatable bonds is 3. The van der Waals surface area contributed by atoms with Crippen LogP contribution in [0.25, 0.3) is 0 Å². The summed E-state index contributed by atoms with van der Waals surface area (Å²) in [5, 5.41) is 6.41. The lowest BCUT2D eigenvalue weighted by atomic mass is 10.0. The fraction of sp³-hybridized carbons (Fsp3) is 0.562. The topological polar surface area (TPSA) is 50.4 Å². The largest absolute Gasteiger partial charge is 0.374 e. The van der Waals surface area contributed by atoms with E-state index in [4.69, 9.17) is 4.74 Å². The summed E-state index contributed by atoms with van der Waals surface area (Å²) in [6.45, 7) is 3.69. The van der Waals surface area contributed by atoms with Crippen LogP contribution >= 0.6 is 0 Å². The van der Waals surface area contributed by atoms with Crippen molar-refractivity contribution in [3.8, 4) is 0 Å². The van der Waals surface area contributed by atoms with Gasteiger partial charge in [0.25, 0.3) is 0 Å². The number of fused-ring (bicyclic) bond motifs is 1. The summed E-state index contributed by atoms with van der Waals surface area (Å²) < 4.78 is 5.77. The van der Waals surface area contributed by atoms with E-state index in [2.05, 4.69) is 23.6 Å². The molecule has 20 heavy (non-hydrogen) atoms. The van der Waals surface area contributed by atoms with E-state index in [9.17, 15) is 4.79 Å². The number of para-hydroxylation sites is 1. The molecule has 2 heterocycles. The Bertz CT molecular complexity index is 495. The smallest absolute Gasteiger partial charge is 0.241 e. The Morgan fingerprint density at radius 1 is 1.45 bits per heavy atom. The molecule has 1 fully saturated rings. The van der Waals surface area contributed by atoms with Gasteiger partial charge in [0.2, 0.25) is 5.91 Å². The number of aryl methyl sites for hydroxylation is 1. The molecule has 108 valence electrons. The quantitative estimate of drug-likeness (QED) is 0.887. The Kier molecular flexibility index (Phi) is 3.76. The van der Waals surface area contributed by atoms with Crippen molar-refractivity contribution >= 4 is 11.6 Å². The first-order chi connectivity index (χ1) is 9.66. The standard InChI is InChI=1S/C16H22N2O2/c1-16(9-4-10-20-16)11-17-14-8-7-12-5-2-3-6-13(12)18-15(14)19/h2-3,5-6,14,17H,4,7-11H2,1H3,(H,18,19). The Morgan fingerprint density at radius 3 is 3.10 bits per heavy atom. The summed E-state index contributed by atoms with van der Waals surface area (Å²) in [6.07, 6.45) is 3.93. The molecule has 0 radical (unpaired) electrons. The van der Waals surface area contributed by atoms with Crippen LogP contribution < -0.4 is 10.6 Å². The van der Waals surface area contributed by atoms with E-state index >= 15 is 0 Å². The van der Waals surface area contributed by atoms with Crippen molar-refractivity contribution in [1.82, 2.24) is 5.32 Å². The van der Waals surface area contributed by atoms with Gasteiger partial charge < -0.3 is 15.4 Å². The molecule has 1 saturated heterocycles. The Labute approximate surface area is 119 Å². The van der Waals surface area contributed by atoms with Crippen LogP contribution in [0.15, 0.2) is 24.3 Å². The third-order valence-electron chi connectivity index (χ3n) is 4.32. The van der Waals surface area contributed by atoms with Gasteiger partial charge in [-0.05, 0) is 44.2 Å². The van der Waals surface area contributed by atoms with Gasteiger partial charge in [-0.15, -0.1) is 0 Å². The SMILES string of the molecule is CC1(CNC2CCc3ccccc3NC2=O)CCCO1. The van der Waals surface area contributed by atoms with E-state index in [0.717, 1.165) is 44.5 Å². The zero-order valence-electron chi connectivity index (χ0n) is 11.9. The molecule has 2 unspecified atom stereocenters. The molecule has 0 spiro atoms. The van der Waals surface area contributed by atoms with Gasteiger partial charge in [0.15, 0.2) is 0 Å². The van der Waals surface area contributed by atoms with Crippen molar-refractivity contribution in [1.29, 1.82) is 0 Å². The number of benzene rings is 1. The second kappa shape index (κ2) is 5.54. The van der Waals surface area contributed by atoms with Crippen LogP contribution in [-0.4, -0.2) is 30.7 Å². The third kappa shape index (κ3) is 2.86. The molecule has 1 aromatic rings. The minimum absolute atomic E-state index is 0.0662. The van der Waals surface area contributed by atoms with Crippen molar-refractivity contribution in [3.05, 3.63) is 29.8 Å². The maximum atomic E-state index is 12.3. The van der Waals surface area contributed by atoms with Crippen molar-refractivity contribution in [2.75, 3.05) is 18.5 Å². The average molecular weight is 274 g/mol. The van der Waals surface area contributed by atoms with Gasteiger partial charge in [0, 0.05) is 18.8 Å². The number of ether oxygens (including phenoxy) is 1. The molecular formula is C16H22N2O2. The van der Waals surface area contributed by atoms with Crippen LogP contribution in [-0.2, 0) is 16.0 Å². The monoisotopic (exact) mass is 274 g/mol. The predicted octanol–water partition coefficient (Wildman–Crippen LogP) is 2.10. The summed E-state index contributed by atoms with van der Waals surface area (Å²) in [4.78, 5) is 12.3. The molecule has 3 rings (SSSR count). The number of hydrogen-bond acceptors (Lipinski definition) is 3. The maximum absolute atomic E-state index is 12.3. The molecule has 4 heteroatoms. The van der Waals surface area contributed by atoms with E-state index in [-0.39, 0.29) is 17.6 Å². The normalized spacial score (nSPS) is 29.6. The highest BCUT2D eigenvalue weighted by atomic mass is 16.5. The highest BCUT2D eigenvalue weighted by molar-refractivity contribution is 5.96. The summed E-state index contributed by atoms with van der Waals surface area (Å²) in [6, 6.07) is 7.89. The number of anilines is 1. The minimum atomic E-state index is -0.136. The molecule has 0 bridgehead atoms. The lowest BCUT2D eigenvalue weighted by Gasteiger charge is -2.26. The molecule has 2 N–H and O–H groups in total. The molecule has 2 aliphatic rings. The zero-order chi connectivity index (χ0) is 14.0. The first-order valence-corrected chi connectivity index (χ1v) is 7.42. The Morgan fingerprint density at radius 2 is 2.30 bits per heavy atom. The number of carbonyl (C=O) groups excluding carboxylic acids is 1. The molecule has 1 amide bonds. The first-order valence-electron chi connectivity index (χ1n) is 7.42. The van der Waals surface area contributed by atoms with Crippen LogP contribution in [0.4, 0.5) is 5.69 Å². The molecule has 0 saturated carbocycles. The number of hydrogen-bond donors (Lipinski definition) is 2. The summed E-state index contributed by atoms with van der Waals surface area (Å²) >= 11 is 0. The minimum Gasteiger partial charge on any atom is -0.374 e. The van der Waals surface area contributed by atoms with Gasteiger partial charge in [-0.2, -0.15) is 0 Å². The molecule has 2 aliphatic heterocycles. The zero-order valence-corrected chi connectivity index (χ0v) is 11.9. The lowest BCUT2D eigenvalue weighted by molar-refractivity contribution is -0.118. The van der Waals surface area contributed by atoms with Gasteiger partial charge >= 0.3 is 0 Å². The van der Waals surface area contributed by atoms with Crippen LogP contribution in [0.3, 0.4) is 0 Å². The summed E-state index contributed by atoms with van der Waals surface area (Å²) in [5.74, 6) is 0.0662. The fourth-order valence-corrected chi connectivity index (χ4v) is 3.02. The molecule has 4 nitrogen and oxygen atoms in total. The maximum Gasteiger partial charge on any atom is 0.241 e. The first kappa shape index (κ1) is 13.6. The van der Waals surface area contributed by atoms with Gasteiger partial charge in [0.1, 0.15) is 0 Å². The molecule has 0 aliphatic carbocycles. The van der Waals surface area contributed by atoms with E-state index in [1.165, 1.54) is 5.56 Å². The molecule has 1 aromatic carbocycles. The van der Waals surface area contributed by atoms with Crippen LogP contribution in [0.1, 0.15) is 31.7 Å². The highest BCUT2D eigenvalue weighted by Gasteiger charge is 2.32. The van der Waals surface area contributed by atoms with Crippen LogP contribution in [0.5, 0.6) is 0 Å². The Hall–Kier alpha value is -1.39. The summed E-state index contributed by atoms with van der Waals surface area (Å²) in [5.41, 5.74) is 2.05. The van der Waals surface area contributed by atoms with Crippen LogP contribution in [0, 0.1) is 0 Å². The third-order valence-corrected chi connectivity index (χ3v) is 4.32.